The predicted octanol–water partition coefficient (Wildman–Crippen LogP) is 2.68. The van der Waals surface area contributed by atoms with E-state index >= 15 is 0 Å². The van der Waals surface area contributed by atoms with Crippen LogP contribution in [0.3, 0.4) is 0 Å². The highest BCUT2D eigenvalue weighted by Gasteiger charge is 2.07. The standard InChI is InChI=1S/C17H13NO3/c1-12-11-14(17(20)21)8-9-15(12)18-16(19)10-7-13-5-3-2-4-6-13/h2-6,8-9,11H,1H3,(H,18,19)(H,20,21). The van der Waals surface area contributed by atoms with Crippen molar-refractivity contribution in [2.75, 3.05) is 5.32 Å². The minimum absolute atomic E-state index is 0.181. The molecule has 0 radical (unpaired) electrons. The van der Waals surface area contributed by atoms with Crippen molar-refractivity contribution in [1.82, 2.24) is 0 Å². The van der Waals surface area contributed by atoms with Gasteiger partial charge in [-0.05, 0) is 42.8 Å². The predicted molar refractivity (Wildman–Crippen MR) is 80.1 cm³/mol. The van der Waals surface area contributed by atoms with Crippen molar-refractivity contribution in [3.63, 3.8) is 0 Å². The monoisotopic (exact) mass is 279 g/mol. The first-order valence-corrected chi connectivity index (χ1v) is 6.28. The lowest BCUT2D eigenvalue weighted by Crippen LogP contribution is -2.10. The van der Waals surface area contributed by atoms with Gasteiger partial charge in [0.15, 0.2) is 0 Å². The molecule has 4 nitrogen and oxygen atoms in total. The van der Waals surface area contributed by atoms with Gasteiger partial charge in [-0.2, -0.15) is 0 Å². The number of aromatic carboxylic acids is 1. The summed E-state index contributed by atoms with van der Waals surface area (Å²) in [7, 11) is 0. The Morgan fingerprint density at radius 2 is 1.81 bits per heavy atom. The number of hydrogen-bond donors (Lipinski definition) is 2. The van der Waals surface area contributed by atoms with E-state index in [1.165, 1.54) is 12.1 Å². The van der Waals surface area contributed by atoms with E-state index in [0.717, 1.165) is 5.56 Å². The van der Waals surface area contributed by atoms with Crippen molar-refractivity contribution >= 4 is 17.6 Å². The Balaban J connectivity index is 2.10. The quantitative estimate of drug-likeness (QED) is 0.831. The fourth-order valence-corrected chi connectivity index (χ4v) is 1.74. The van der Waals surface area contributed by atoms with Gasteiger partial charge in [0.2, 0.25) is 0 Å². The molecule has 21 heavy (non-hydrogen) atoms. The molecule has 0 heterocycles. The molecule has 4 heteroatoms. The van der Waals surface area contributed by atoms with Gasteiger partial charge in [0.25, 0.3) is 0 Å². The van der Waals surface area contributed by atoms with Crippen LogP contribution in [0.2, 0.25) is 0 Å². The molecular weight excluding hydrogens is 266 g/mol. The Kier molecular flexibility index (Phi) is 4.37. The molecule has 0 aliphatic carbocycles. The van der Waals surface area contributed by atoms with E-state index in [1.54, 1.807) is 13.0 Å². The number of benzene rings is 2. The highest BCUT2D eigenvalue weighted by Crippen LogP contribution is 2.16. The van der Waals surface area contributed by atoms with Crippen LogP contribution in [0.1, 0.15) is 21.5 Å². The lowest BCUT2D eigenvalue weighted by atomic mass is 10.1. The molecular formula is C17H13NO3. The molecule has 104 valence electrons. The number of carbonyl (C=O) groups is 2. The van der Waals surface area contributed by atoms with E-state index in [1.807, 2.05) is 30.3 Å². The van der Waals surface area contributed by atoms with Crippen molar-refractivity contribution in [3.8, 4) is 11.8 Å². The number of amides is 1. The van der Waals surface area contributed by atoms with Crippen molar-refractivity contribution in [2.45, 2.75) is 6.92 Å². The molecule has 1 amide bonds. The van der Waals surface area contributed by atoms with Gasteiger partial charge >= 0.3 is 11.9 Å². The second-order valence-electron chi connectivity index (χ2n) is 4.41. The van der Waals surface area contributed by atoms with E-state index in [4.69, 9.17) is 5.11 Å². The van der Waals surface area contributed by atoms with Crippen LogP contribution in [0.5, 0.6) is 0 Å². The van der Waals surface area contributed by atoms with Crippen LogP contribution in [-0.4, -0.2) is 17.0 Å². The van der Waals surface area contributed by atoms with Crippen LogP contribution in [0.15, 0.2) is 48.5 Å². The molecule has 0 fully saturated rings. The number of carbonyl (C=O) groups excluding carboxylic acids is 1. The highest BCUT2D eigenvalue weighted by molar-refractivity contribution is 6.05. The lowest BCUT2D eigenvalue weighted by molar-refractivity contribution is -0.111. The second kappa shape index (κ2) is 6.40. The zero-order chi connectivity index (χ0) is 15.2. The lowest BCUT2D eigenvalue weighted by Gasteiger charge is -2.06. The molecule has 2 aromatic carbocycles. The van der Waals surface area contributed by atoms with Crippen molar-refractivity contribution in [2.24, 2.45) is 0 Å². The first-order chi connectivity index (χ1) is 10.1. The third-order valence-electron chi connectivity index (χ3n) is 2.82. The minimum atomic E-state index is -1.00. The van der Waals surface area contributed by atoms with Gasteiger partial charge in [0.1, 0.15) is 0 Å². The van der Waals surface area contributed by atoms with E-state index in [0.29, 0.717) is 11.3 Å². The summed E-state index contributed by atoms with van der Waals surface area (Å²) in [5.41, 5.74) is 2.16. The Hall–Kier alpha value is -3.06. The molecule has 2 N–H and O–H groups in total. The van der Waals surface area contributed by atoms with Gasteiger partial charge in [-0.15, -0.1) is 0 Å². The number of carboxylic acids is 1. The van der Waals surface area contributed by atoms with Gasteiger partial charge in [-0.1, -0.05) is 24.1 Å². The van der Waals surface area contributed by atoms with Crippen LogP contribution in [-0.2, 0) is 4.79 Å². The molecule has 0 atom stereocenters. The van der Waals surface area contributed by atoms with Crippen LogP contribution in [0.4, 0.5) is 5.69 Å². The topological polar surface area (TPSA) is 66.4 Å². The van der Waals surface area contributed by atoms with Gasteiger partial charge in [0, 0.05) is 17.2 Å². The molecule has 2 rings (SSSR count). The first kappa shape index (κ1) is 14.4. The number of nitrogens with one attached hydrogen (secondary N) is 1. The SMILES string of the molecule is Cc1cc(C(=O)O)ccc1NC(=O)C#Cc1ccccc1. The van der Waals surface area contributed by atoms with Crippen molar-refractivity contribution < 1.29 is 14.7 Å². The third kappa shape index (κ3) is 3.95. The minimum Gasteiger partial charge on any atom is -0.478 e. The second-order valence-corrected chi connectivity index (χ2v) is 4.41. The summed E-state index contributed by atoms with van der Waals surface area (Å²) in [6, 6.07) is 13.7. The smallest absolute Gasteiger partial charge is 0.335 e. The van der Waals surface area contributed by atoms with E-state index in [9.17, 15) is 9.59 Å². The summed E-state index contributed by atoms with van der Waals surface area (Å²) in [4.78, 5) is 22.6. The average Bonchev–Trinajstić information content (AvgIpc) is 2.48. The summed E-state index contributed by atoms with van der Waals surface area (Å²) < 4.78 is 0. The maximum atomic E-state index is 11.8. The molecule has 0 aliphatic rings. The number of rotatable bonds is 2. The molecule has 0 unspecified atom stereocenters. The van der Waals surface area contributed by atoms with Gasteiger partial charge in [0.05, 0.1) is 5.56 Å². The molecule has 0 saturated carbocycles. The first-order valence-electron chi connectivity index (χ1n) is 6.28. The van der Waals surface area contributed by atoms with Crippen molar-refractivity contribution in [1.29, 1.82) is 0 Å². The normalized spacial score (nSPS) is 9.38. The van der Waals surface area contributed by atoms with Crippen LogP contribution < -0.4 is 5.32 Å². The largest absolute Gasteiger partial charge is 0.478 e. The molecule has 0 spiro atoms. The Morgan fingerprint density at radius 1 is 1.10 bits per heavy atom. The van der Waals surface area contributed by atoms with E-state index in [-0.39, 0.29) is 5.56 Å². The zero-order valence-corrected chi connectivity index (χ0v) is 11.4. The van der Waals surface area contributed by atoms with Crippen LogP contribution in [0.25, 0.3) is 0 Å². The fourth-order valence-electron chi connectivity index (χ4n) is 1.74. The third-order valence-corrected chi connectivity index (χ3v) is 2.82. The maximum Gasteiger partial charge on any atom is 0.335 e. The highest BCUT2D eigenvalue weighted by atomic mass is 16.4. The number of aryl methyl sites for hydroxylation is 1. The number of anilines is 1. The molecule has 0 saturated heterocycles. The average molecular weight is 279 g/mol. The van der Waals surface area contributed by atoms with Gasteiger partial charge < -0.3 is 10.4 Å². The fraction of sp³-hybridized carbons (Fsp3) is 0.0588. The van der Waals surface area contributed by atoms with Crippen LogP contribution >= 0.6 is 0 Å². The summed E-state index contributed by atoms with van der Waals surface area (Å²) in [5.74, 6) is 3.81. The molecule has 0 bridgehead atoms. The molecule has 0 aliphatic heterocycles. The van der Waals surface area contributed by atoms with Gasteiger partial charge in [-0.3, -0.25) is 4.79 Å². The molecule has 0 aromatic heterocycles. The summed E-state index contributed by atoms with van der Waals surface area (Å²) in [6.45, 7) is 1.73. The van der Waals surface area contributed by atoms with Crippen molar-refractivity contribution in [3.05, 3.63) is 65.2 Å². The Labute approximate surface area is 122 Å². The Morgan fingerprint density at radius 3 is 2.43 bits per heavy atom. The summed E-state index contributed by atoms with van der Waals surface area (Å²) >= 11 is 0. The van der Waals surface area contributed by atoms with E-state index in [2.05, 4.69) is 17.2 Å². The number of carboxylic acid groups (broad SMARTS) is 1. The van der Waals surface area contributed by atoms with Gasteiger partial charge in [-0.25, -0.2) is 4.79 Å². The molecule has 2 aromatic rings. The summed E-state index contributed by atoms with van der Waals surface area (Å²) in [5, 5.41) is 11.5. The zero-order valence-electron chi connectivity index (χ0n) is 11.4. The summed E-state index contributed by atoms with van der Waals surface area (Å²) in [6.07, 6.45) is 0. The maximum absolute atomic E-state index is 11.8. The Bertz CT molecular complexity index is 740. The van der Waals surface area contributed by atoms with Crippen LogP contribution in [0, 0.1) is 18.8 Å². The van der Waals surface area contributed by atoms with E-state index < -0.39 is 11.9 Å². The number of hydrogen-bond acceptors (Lipinski definition) is 2.